The van der Waals surface area contributed by atoms with Gasteiger partial charge in [-0.05, 0) is 49.5 Å². The predicted molar refractivity (Wildman–Crippen MR) is 139 cm³/mol. The molecule has 10 heteroatoms. The van der Waals surface area contributed by atoms with E-state index in [1.54, 1.807) is 6.08 Å². The molecule has 0 unspecified atom stereocenters. The number of aromatic nitrogens is 1. The van der Waals surface area contributed by atoms with Gasteiger partial charge in [-0.25, -0.2) is 8.42 Å². The number of amides is 1. The summed E-state index contributed by atoms with van der Waals surface area (Å²) >= 11 is 0. The van der Waals surface area contributed by atoms with Gasteiger partial charge in [-0.2, -0.15) is 4.31 Å². The van der Waals surface area contributed by atoms with Gasteiger partial charge in [-0.15, -0.1) is 0 Å². The summed E-state index contributed by atoms with van der Waals surface area (Å²) in [6.45, 7) is 0.422. The van der Waals surface area contributed by atoms with Crippen LogP contribution >= 0.6 is 0 Å². The Labute approximate surface area is 211 Å². The van der Waals surface area contributed by atoms with Crippen molar-refractivity contribution in [2.24, 2.45) is 10.9 Å². The van der Waals surface area contributed by atoms with Crippen LogP contribution in [0, 0.1) is 5.92 Å². The van der Waals surface area contributed by atoms with Gasteiger partial charge >= 0.3 is 0 Å². The summed E-state index contributed by atoms with van der Waals surface area (Å²) in [7, 11) is -3.67. The molecule has 3 N–H and O–H groups in total. The summed E-state index contributed by atoms with van der Waals surface area (Å²) in [5, 5.41) is 24.0. The minimum absolute atomic E-state index is 0.0850. The van der Waals surface area contributed by atoms with E-state index in [1.807, 2.05) is 35.0 Å². The highest BCUT2D eigenvalue weighted by atomic mass is 32.2. The number of carbonyl (C=O) groups is 1. The van der Waals surface area contributed by atoms with Crippen LogP contribution in [0.1, 0.15) is 50.5 Å². The molecule has 194 valence electrons. The second kappa shape index (κ2) is 10.1. The molecule has 0 radical (unpaired) electrons. The van der Waals surface area contributed by atoms with Crippen molar-refractivity contribution < 1.29 is 23.4 Å². The Balaban J connectivity index is 1.28. The van der Waals surface area contributed by atoms with Gasteiger partial charge in [0.1, 0.15) is 11.4 Å². The molecule has 1 saturated carbocycles. The van der Waals surface area contributed by atoms with E-state index in [2.05, 4.69) is 5.32 Å². The fraction of sp³-hybridized carbons (Fsp3) is 0.538. The number of amidine groups is 1. The summed E-state index contributed by atoms with van der Waals surface area (Å²) in [4.78, 5) is 17.7. The predicted octanol–water partition coefficient (Wildman–Crippen LogP) is 2.24. The van der Waals surface area contributed by atoms with Crippen molar-refractivity contribution in [2.75, 3.05) is 19.7 Å². The zero-order valence-corrected chi connectivity index (χ0v) is 21.2. The van der Waals surface area contributed by atoms with Crippen molar-refractivity contribution in [2.45, 2.75) is 63.1 Å². The molecule has 1 spiro atoms. The van der Waals surface area contributed by atoms with Crippen LogP contribution in [0.2, 0.25) is 0 Å². The van der Waals surface area contributed by atoms with E-state index in [9.17, 15) is 18.3 Å². The summed E-state index contributed by atoms with van der Waals surface area (Å²) in [5.74, 6) is 1.04. The summed E-state index contributed by atoms with van der Waals surface area (Å²) < 4.78 is 29.5. The van der Waals surface area contributed by atoms with E-state index < -0.39 is 21.7 Å². The number of nitrogens with one attached hydrogen (secondary N) is 1. The Kier molecular flexibility index (Phi) is 7.04. The smallest absolute Gasteiger partial charge is 0.253 e. The normalized spacial score (nSPS) is 22.4. The Hall–Kier alpha value is -2.53. The fourth-order valence-corrected chi connectivity index (χ4v) is 6.82. The first kappa shape index (κ1) is 25.1. The topological polar surface area (TPSA) is 124 Å². The Morgan fingerprint density at radius 3 is 2.64 bits per heavy atom. The molecule has 9 nitrogen and oxygen atoms in total. The molecule has 2 fully saturated rings. The lowest BCUT2D eigenvalue weighted by Crippen LogP contribution is -2.50. The first-order chi connectivity index (χ1) is 17.3. The zero-order valence-electron chi connectivity index (χ0n) is 20.3. The van der Waals surface area contributed by atoms with Gasteiger partial charge in [0.2, 0.25) is 10.0 Å². The highest BCUT2D eigenvalue weighted by Gasteiger charge is 2.48. The zero-order chi connectivity index (χ0) is 25.3. The number of sulfonamides is 1. The number of aliphatic hydroxyl groups excluding tert-OH is 2. The van der Waals surface area contributed by atoms with Gasteiger partial charge in [0.15, 0.2) is 0 Å². The number of fused-ring (bicyclic) bond motifs is 1. The molecule has 2 aromatic rings. The van der Waals surface area contributed by atoms with Gasteiger partial charge < -0.3 is 20.1 Å². The summed E-state index contributed by atoms with van der Waals surface area (Å²) in [5.41, 5.74) is 0.760. The van der Waals surface area contributed by atoms with Gasteiger partial charge in [0.25, 0.3) is 5.91 Å². The fourth-order valence-electron chi connectivity index (χ4n) is 5.64. The van der Waals surface area contributed by atoms with Crippen molar-refractivity contribution in [1.29, 1.82) is 0 Å². The third kappa shape index (κ3) is 4.87. The Morgan fingerprint density at radius 1 is 1.17 bits per heavy atom. The Morgan fingerprint density at radius 2 is 1.92 bits per heavy atom. The van der Waals surface area contributed by atoms with Crippen LogP contribution < -0.4 is 5.32 Å². The molecule has 1 amide bonds. The third-order valence-electron chi connectivity index (χ3n) is 7.79. The quantitative estimate of drug-likeness (QED) is 0.523. The lowest BCUT2D eigenvalue weighted by Gasteiger charge is -2.34. The van der Waals surface area contributed by atoms with E-state index in [0.717, 1.165) is 48.0 Å². The van der Waals surface area contributed by atoms with Crippen LogP contribution in [0.3, 0.4) is 0 Å². The van der Waals surface area contributed by atoms with Crippen molar-refractivity contribution in [1.82, 2.24) is 14.2 Å². The van der Waals surface area contributed by atoms with Gasteiger partial charge in [0.05, 0.1) is 19.3 Å². The molecular formula is C26H34N4O5S. The first-order valence-electron chi connectivity index (χ1n) is 12.8. The van der Waals surface area contributed by atoms with Crippen LogP contribution in [-0.2, 0) is 21.4 Å². The lowest BCUT2D eigenvalue weighted by molar-refractivity contribution is -0.125. The maximum atomic E-state index is 13.1. The van der Waals surface area contributed by atoms with Gasteiger partial charge in [-0.1, -0.05) is 31.4 Å². The average molecular weight is 515 g/mol. The summed E-state index contributed by atoms with van der Waals surface area (Å²) in [6.07, 6.45) is 8.97. The average Bonchev–Trinajstić information content (AvgIpc) is 3.44. The highest BCUT2D eigenvalue weighted by molar-refractivity contribution is 7.92. The first-order valence-corrected chi connectivity index (χ1v) is 14.3. The summed E-state index contributed by atoms with van der Waals surface area (Å²) in [6, 6.07) is 7.44. The second-order valence-electron chi connectivity index (χ2n) is 10.1. The molecule has 36 heavy (non-hydrogen) atoms. The van der Waals surface area contributed by atoms with Crippen LogP contribution in [0.15, 0.2) is 40.9 Å². The molecule has 1 saturated heterocycles. The molecule has 1 atom stereocenters. The van der Waals surface area contributed by atoms with Gasteiger partial charge in [-0.3, -0.25) is 9.79 Å². The maximum Gasteiger partial charge on any atom is 0.253 e. The van der Waals surface area contributed by atoms with Crippen LogP contribution in [0.25, 0.3) is 17.0 Å². The number of carbonyl (C=O) groups excluding carboxylic acids is 1. The number of piperidine rings is 1. The van der Waals surface area contributed by atoms with Crippen LogP contribution in [-0.4, -0.2) is 70.6 Å². The van der Waals surface area contributed by atoms with Crippen molar-refractivity contribution in [3.05, 3.63) is 41.4 Å². The molecule has 3 aliphatic rings. The molecule has 2 aliphatic heterocycles. The Bertz CT molecular complexity index is 1280. The van der Waals surface area contributed by atoms with Crippen molar-refractivity contribution in [3.8, 4) is 0 Å². The van der Waals surface area contributed by atoms with Crippen molar-refractivity contribution in [3.63, 3.8) is 0 Å². The molecular weight excluding hydrogens is 480 g/mol. The molecule has 5 rings (SSSR count). The standard InChI is InChI=1S/C26H34N4O5S/c31-18-21(32)17-29-13-9-22-19(7-4-8-23(22)29)10-16-36(34,35)30-14-11-26(12-15-30)25(33)27-24(28-26)20-5-2-1-3-6-20/h4,7-10,13,16,20-21,31-32H,1-3,5-6,11-12,14-15,17-18H2,(H,27,28,33)/b16-10+/t21-/m0/s1. The molecule has 1 aromatic heterocycles. The molecule has 0 bridgehead atoms. The number of benzene rings is 1. The van der Waals surface area contributed by atoms with Crippen LogP contribution in [0.4, 0.5) is 0 Å². The number of rotatable bonds is 7. The van der Waals surface area contributed by atoms with Gasteiger partial charge in [0, 0.05) is 41.5 Å². The lowest BCUT2D eigenvalue weighted by atomic mass is 9.88. The third-order valence-corrected chi connectivity index (χ3v) is 9.35. The number of nitrogens with zero attached hydrogens (tertiary/aromatic N) is 3. The van der Waals surface area contributed by atoms with E-state index in [1.165, 1.54) is 16.1 Å². The van der Waals surface area contributed by atoms with Crippen LogP contribution in [0.5, 0.6) is 0 Å². The maximum absolute atomic E-state index is 13.1. The SMILES string of the molecule is O=C1NC(C2CCCCC2)=NC12CCN(S(=O)(=O)/C=C/c1cccc3c1ccn3C[C@H](O)CO)CC2. The minimum atomic E-state index is -3.67. The van der Waals surface area contributed by atoms with E-state index >= 15 is 0 Å². The largest absolute Gasteiger partial charge is 0.394 e. The van der Waals surface area contributed by atoms with E-state index in [0.29, 0.717) is 18.8 Å². The molecule has 1 aromatic carbocycles. The highest BCUT2D eigenvalue weighted by Crippen LogP contribution is 2.35. The molecule has 3 heterocycles. The number of hydrogen-bond donors (Lipinski definition) is 3. The number of aliphatic hydroxyl groups is 2. The van der Waals surface area contributed by atoms with E-state index in [-0.39, 0.29) is 32.1 Å². The second-order valence-corrected chi connectivity index (χ2v) is 12.0. The van der Waals surface area contributed by atoms with E-state index in [4.69, 9.17) is 10.1 Å². The number of hydrogen-bond acceptors (Lipinski definition) is 6. The minimum Gasteiger partial charge on any atom is -0.394 e. The van der Waals surface area contributed by atoms with Crippen molar-refractivity contribution >= 4 is 38.7 Å². The molecule has 1 aliphatic carbocycles. The monoisotopic (exact) mass is 514 g/mol. The number of aliphatic imine (C=N–C) groups is 1.